The van der Waals surface area contributed by atoms with Crippen LogP contribution in [0.25, 0.3) is 10.9 Å². The minimum atomic E-state index is -0.856. The van der Waals surface area contributed by atoms with Crippen LogP contribution in [-0.4, -0.2) is 14.9 Å². The third-order valence-corrected chi connectivity index (χ3v) is 2.00. The van der Waals surface area contributed by atoms with Crippen LogP contribution in [0.3, 0.4) is 0 Å². The summed E-state index contributed by atoms with van der Waals surface area (Å²) in [4.78, 5) is 17.0. The highest BCUT2D eigenvalue weighted by molar-refractivity contribution is 5.91. The number of nitro benzene ring substituents is 1. The number of aromatic nitrogens is 2. The Labute approximate surface area is 88.1 Å². The Morgan fingerprint density at radius 3 is 2.62 bits per heavy atom. The molecule has 0 fully saturated rings. The van der Waals surface area contributed by atoms with Crippen LogP contribution in [0.2, 0.25) is 0 Å². The van der Waals surface area contributed by atoms with Crippen molar-refractivity contribution < 1.29 is 9.31 Å². The summed E-state index contributed by atoms with van der Waals surface area (Å²) in [5.41, 5.74) is 10.2. The van der Waals surface area contributed by atoms with E-state index < -0.39 is 16.4 Å². The first-order valence-electron chi connectivity index (χ1n) is 4.15. The molecular formula is C8H6FN5O2. The lowest BCUT2D eigenvalue weighted by Gasteiger charge is -2.03. The van der Waals surface area contributed by atoms with E-state index in [1.54, 1.807) is 0 Å². The Morgan fingerprint density at radius 2 is 2.00 bits per heavy atom. The number of hydrogen-bond acceptors (Lipinski definition) is 6. The normalized spacial score (nSPS) is 10.6. The minimum Gasteiger partial charge on any atom is -0.383 e. The third-order valence-electron chi connectivity index (χ3n) is 2.00. The van der Waals surface area contributed by atoms with Crippen LogP contribution in [0, 0.1) is 15.9 Å². The van der Waals surface area contributed by atoms with E-state index in [0.29, 0.717) is 0 Å². The van der Waals surface area contributed by atoms with E-state index in [0.717, 1.165) is 12.1 Å². The monoisotopic (exact) mass is 223 g/mol. The zero-order valence-corrected chi connectivity index (χ0v) is 7.85. The molecule has 0 unspecified atom stereocenters. The molecule has 8 heteroatoms. The molecule has 2 aromatic rings. The number of rotatable bonds is 1. The van der Waals surface area contributed by atoms with Gasteiger partial charge in [-0.2, -0.15) is 4.98 Å². The maximum absolute atomic E-state index is 13.5. The number of nitrogens with zero attached hydrogens (tertiary/aromatic N) is 3. The predicted octanol–water partition coefficient (Wildman–Crippen LogP) is 0.841. The summed E-state index contributed by atoms with van der Waals surface area (Å²) in [6.45, 7) is 0. The lowest BCUT2D eigenvalue weighted by molar-refractivity contribution is -0.384. The van der Waals surface area contributed by atoms with Crippen molar-refractivity contribution in [1.82, 2.24) is 9.97 Å². The number of hydrogen-bond donors (Lipinski definition) is 2. The molecule has 7 nitrogen and oxygen atoms in total. The van der Waals surface area contributed by atoms with Gasteiger partial charge in [-0.05, 0) is 0 Å². The van der Waals surface area contributed by atoms with Gasteiger partial charge >= 0.3 is 0 Å². The van der Waals surface area contributed by atoms with Gasteiger partial charge in [0.25, 0.3) is 5.69 Å². The molecule has 0 bridgehead atoms. The number of nitrogens with two attached hydrogens (primary N) is 2. The standard InChI is InChI=1S/C8H6FN5O2/c9-5-2-3(14(15)16)1-4-6(5)12-8(11)13-7(4)10/h1-2H,(H4,10,11,12,13). The average molecular weight is 223 g/mol. The van der Waals surface area contributed by atoms with Crippen molar-refractivity contribution in [1.29, 1.82) is 0 Å². The number of halogens is 1. The molecule has 16 heavy (non-hydrogen) atoms. The molecule has 0 aliphatic carbocycles. The zero-order chi connectivity index (χ0) is 11.9. The van der Waals surface area contributed by atoms with Gasteiger partial charge in [0.2, 0.25) is 5.95 Å². The number of nitrogen functional groups attached to an aromatic ring is 2. The van der Waals surface area contributed by atoms with E-state index in [1.165, 1.54) is 0 Å². The molecule has 0 saturated carbocycles. The van der Waals surface area contributed by atoms with E-state index in [2.05, 4.69) is 9.97 Å². The summed E-state index contributed by atoms with van der Waals surface area (Å²) < 4.78 is 13.5. The van der Waals surface area contributed by atoms with Gasteiger partial charge in [-0.3, -0.25) is 10.1 Å². The Morgan fingerprint density at radius 1 is 1.31 bits per heavy atom. The summed E-state index contributed by atoms with van der Waals surface area (Å²) in [7, 11) is 0. The molecule has 4 N–H and O–H groups in total. The fraction of sp³-hybridized carbons (Fsp3) is 0. The van der Waals surface area contributed by atoms with E-state index in [1.807, 2.05) is 0 Å². The summed E-state index contributed by atoms with van der Waals surface area (Å²) in [6, 6.07) is 1.86. The third kappa shape index (κ3) is 1.45. The van der Waals surface area contributed by atoms with Gasteiger partial charge in [0.05, 0.1) is 16.4 Å². The molecule has 1 aromatic heterocycles. The fourth-order valence-electron chi connectivity index (χ4n) is 1.32. The van der Waals surface area contributed by atoms with E-state index in [-0.39, 0.29) is 22.7 Å². The minimum absolute atomic E-state index is 0.0703. The SMILES string of the molecule is Nc1nc(N)c2cc([N+](=O)[O-])cc(F)c2n1. The van der Waals surface area contributed by atoms with Crippen molar-refractivity contribution in [3.05, 3.63) is 28.1 Å². The number of benzene rings is 1. The molecule has 0 spiro atoms. The van der Waals surface area contributed by atoms with Crippen LogP contribution >= 0.6 is 0 Å². The lowest BCUT2D eigenvalue weighted by Crippen LogP contribution is -2.02. The topological polar surface area (TPSA) is 121 Å². The molecule has 0 saturated heterocycles. The van der Waals surface area contributed by atoms with Crippen LogP contribution in [0.15, 0.2) is 12.1 Å². The van der Waals surface area contributed by atoms with Gasteiger partial charge in [0.15, 0.2) is 5.82 Å². The number of non-ortho nitro benzene ring substituents is 1. The van der Waals surface area contributed by atoms with Crippen molar-refractivity contribution in [2.75, 3.05) is 11.5 Å². The predicted molar refractivity (Wildman–Crippen MR) is 55.0 cm³/mol. The Bertz CT molecular complexity index is 600. The number of nitro groups is 1. The lowest BCUT2D eigenvalue weighted by atomic mass is 10.2. The fourth-order valence-corrected chi connectivity index (χ4v) is 1.32. The highest BCUT2D eigenvalue weighted by Gasteiger charge is 2.15. The largest absolute Gasteiger partial charge is 0.383 e. The van der Waals surface area contributed by atoms with E-state index in [9.17, 15) is 14.5 Å². The Hall–Kier alpha value is -2.51. The molecule has 1 aromatic carbocycles. The van der Waals surface area contributed by atoms with Crippen molar-refractivity contribution in [3.63, 3.8) is 0 Å². The van der Waals surface area contributed by atoms with Crippen molar-refractivity contribution in [3.8, 4) is 0 Å². The van der Waals surface area contributed by atoms with E-state index >= 15 is 0 Å². The molecule has 0 radical (unpaired) electrons. The second-order valence-corrected chi connectivity index (χ2v) is 3.05. The van der Waals surface area contributed by atoms with Gasteiger partial charge in [0, 0.05) is 6.07 Å². The number of anilines is 2. The second kappa shape index (κ2) is 3.26. The first kappa shape index (κ1) is 10.0. The van der Waals surface area contributed by atoms with Gasteiger partial charge < -0.3 is 11.5 Å². The quantitative estimate of drug-likeness (QED) is 0.545. The number of fused-ring (bicyclic) bond motifs is 1. The van der Waals surface area contributed by atoms with Crippen molar-refractivity contribution in [2.24, 2.45) is 0 Å². The summed E-state index contributed by atoms with van der Waals surface area (Å²) in [6.07, 6.45) is 0. The van der Waals surface area contributed by atoms with Crippen molar-refractivity contribution in [2.45, 2.75) is 0 Å². The van der Waals surface area contributed by atoms with E-state index in [4.69, 9.17) is 11.5 Å². The zero-order valence-electron chi connectivity index (χ0n) is 7.85. The highest BCUT2D eigenvalue weighted by atomic mass is 19.1. The van der Waals surface area contributed by atoms with Crippen molar-refractivity contribution >= 4 is 28.4 Å². The first-order valence-corrected chi connectivity index (χ1v) is 4.15. The summed E-state index contributed by atoms with van der Waals surface area (Å²) in [5.74, 6) is -1.13. The van der Waals surface area contributed by atoms with Gasteiger partial charge in [0.1, 0.15) is 11.3 Å². The molecule has 82 valence electrons. The molecule has 0 amide bonds. The van der Waals surface area contributed by atoms with Crippen LogP contribution in [0.5, 0.6) is 0 Å². The average Bonchev–Trinajstić information content (AvgIpc) is 2.19. The summed E-state index contributed by atoms with van der Waals surface area (Å²) >= 11 is 0. The van der Waals surface area contributed by atoms with Crippen LogP contribution < -0.4 is 11.5 Å². The molecule has 1 heterocycles. The highest BCUT2D eigenvalue weighted by Crippen LogP contribution is 2.26. The van der Waals surface area contributed by atoms with Crippen LogP contribution in [-0.2, 0) is 0 Å². The Balaban J connectivity index is 2.87. The summed E-state index contributed by atoms with van der Waals surface area (Å²) in [5, 5.41) is 10.6. The molecular weight excluding hydrogens is 217 g/mol. The molecule has 2 rings (SSSR count). The molecule has 0 aliphatic heterocycles. The molecule has 0 atom stereocenters. The van der Waals surface area contributed by atoms with Gasteiger partial charge in [-0.25, -0.2) is 9.37 Å². The Kier molecular flexibility index (Phi) is 2.04. The van der Waals surface area contributed by atoms with Gasteiger partial charge in [-0.15, -0.1) is 0 Å². The van der Waals surface area contributed by atoms with Crippen LogP contribution in [0.4, 0.5) is 21.8 Å². The molecule has 0 aliphatic rings. The van der Waals surface area contributed by atoms with Gasteiger partial charge in [-0.1, -0.05) is 0 Å². The smallest absolute Gasteiger partial charge is 0.273 e. The first-order chi connectivity index (χ1) is 7.49. The maximum Gasteiger partial charge on any atom is 0.273 e. The van der Waals surface area contributed by atoms with Crippen LogP contribution in [0.1, 0.15) is 0 Å². The maximum atomic E-state index is 13.5. The second-order valence-electron chi connectivity index (χ2n) is 3.05.